The van der Waals surface area contributed by atoms with E-state index in [1.807, 2.05) is 36.4 Å². The Balaban J connectivity index is 1.22. The number of aliphatic hydroxyl groups excluding tert-OH is 1. The molecule has 0 unspecified atom stereocenters. The summed E-state index contributed by atoms with van der Waals surface area (Å²) >= 11 is 0. The van der Waals surface area contributed by atoms with Gasteiger partial charge in [-0.1, -0.05) is 91.0 Å². The van der Waals surface area contributed by atoms with E-state index in [1.54, 1.807) is 18.2 Å². The highest BCUT2D eigenvalue weighted by Gasteiger charge is 2.28. The maximum atomic E-state index is 12.1. The monoisotopic (exact) mass is 614 g/mol. The van der Waals surface area contributed by atoms with E-state index in [9.17, 15) is 13.5 Å². The molecule has 1 saturated carbocycles. The maximum Gasteiger partial charge on any atom is 0.229 e. The average Bonchev–Trinajstić information content (AvgIpc) is 3.04. The Kier molecular flexibility index (Phi) is 10.9. The number of nitrogens with one attached hydrogen (secondary N) is 1. The largest absolute Gasteiger partial charge is 0.491 e. The van der Waals surface area contributed by atoms with Gasteiger partial charge in [0.05, 0.1) is 11.9 Å². The predicted molar refractivity (Wildman–Crippen MR) is 175 cm³/mol. The number of hydrogen-bond acceptors (Lipinski definition) is 6. The van der Waals surface area contributed by atoms with Gasteiger partial charge < -0.3 is 14.6 Å². The lowest BCUT2D eigenvalue weighted by Gasteiger charge is -2.38. The summed E-state index contributed by atoms with van der Waals surface area (Å²) in [6, 6.07) is 36.2. The molecule has 1 aliphatic rings. The number of benzene rings is 4. The van der Waals surface area contributed by atoms with Gasteiger partial charge in [0.15, 0.2) is 0 Å². The van der Waals surface area contributed by atoms with Gasteiger partial charge in [-0.15, -0.1) is 0 Å². The molecule has 1 fully saturated rings. The number of aliphatic hydroxyl groups is 1. The fourth-order valence-corrected chi connectivity index (χ4v) is 6.47. The fraction of sp³-hybridized carbons (Fsp3) is 0.333. The minimum Gasteiger partial charge on any atom is -0.491 e. The van der Waals surface area contributed by atoms with Gasteiger partial charge in [-0.3, -0.25) is 9.62 Å². The highest BCUT2D eigenvalue weighted by molar-refractivity contribution is 7.92. The van der Waals surface area contributed by atoms with Crippen LogP contribution in [-0.4, -0.2) is 50.0 Å². The number of anilines is 1. The molecule has 8 heteroatoms. The van der Waals surface area contributed by atoms with Gasteiger partial charge in [0.25, 0.3) is 0 Å². The Morgan fingerprint density at radius 1 is 0.818 bits per heavy atom. The number of hydrogen-bond donors (Lipinski definition) is 2. The van der Waals surface area contributed by atoms with Crippen molar-refractivity contribution in [1.29, 1.82) is 0 Å². The molecule has 1 atom stereocenters. The average molecular weight is 615 g/mol. The molecule has 0 heterocycles. The molecule has 0 amide bonds. The van der Waals surface area contributed by atoms with Crippen LogP contribution in [0.2, 0.25) is 0 Å². The molecule has 4 aromatic rings. The maximum absolute atomic E-state index is 12.1. The van der Waals surface area contributed by atoms with Crippen molar-refractivity contribution in [1.82, 2.24) is 4.90 Å². The lowest BCUT2D eigenvalue weighted by molar-refractivity contribution is 0.0384. The van der Waals surface area contributed by atoms with Gasteiger partial charge in [-0.25, -0.2) is 8.42 Å². The van der Waals surface area contributed by atoms with Crippen molar-refractivity contribution >= 4 is 15.7 Å². The third kappa shape index (κ3) is 9.58. The minimum absolute atomic E-state index is 0.0766. The quantitative estimate of drug-likeness (QED) is 0.166. The zero-order valence-corrected chi connectivity index (χ0v) is 26.0. The summed E-state index contributed by atoms with van der Waals surface area (Å²) in [6.45, 7) is 1.60. The summed E-state index contributed by atoms with van der Waals surface area (Å²) < 4.78 is 38.6. The third-order valence-electron chi connectivity index (χ3n) is 8.08. The van der Waals surface area contributed by atoms with E-state index in [0.29, 0.717) is 36.6 Å². The first-order valence-electron chi connectivity index (χ1n) is 15.2. The van der Waals surface area contributed by atoms with Crippen molar-refractivity contribution in [2.24, 2.45) is 0 Å². The van der Waals surface area contributed by atoms with Crippen molar-refractivity contribution in [2.75, 3.05) is 24.1 Å². The molecule has 1 aliphatic carbocycles. The van der Waals surface area contributed by atoms with E-state index < -0.39 is 16.1 Å². The first-order chi connectivity index (χ1) is 21.3. The van der Waals surface area contributed by atoms with Crippen molar-refractivity contribution in [3.05, 3.63) is 126 Å². The number of rotatable bonds is 14. The van der Waals surface area contributed by atoms with Crippen LogP contribution in [0.4, 0.5) is 5.69 Å². The van der Waals surface area contributed by atoms with Crippen LogP contribution in [0.3, 0.4) is 0 Å². The lowest BCUT2D eigenvalue weighted by Crippen LogP contribution is -2.43. The van der Waals surface area contributed by atoms with Gasteiger partial charge >= 0.3 is 0 Å². The Bertz CT molecular complexity index is 1540. The zero-order chi connectivity index (χ0) is 30.8. The van der Waals surface area contributed by atoms with E-state index in [-0.39, 0.29) is 12.3 Å². The molecule has 0 aliphatic heterocycles. The Morgan fingerprint density at radius 3 is 2.07 bits per heavy atom. The van der Waals surface area contributed by atoms with Crippen molar-refractivity contribution in [2.45, 2.75) is 56.9 Å². The highest BCUT2D eigenvalue weighted by atomic mass is 32.2. The van der Waals surface area contributed by atoms with E-state index in [0.717, 1.165) is 44.0 Å². The SMILES string of the molecule is CS(=O)(=O)Nc1cc(OC[C@@H](O)CN(Cc2ccccc2)C2CCC(c3ccccc3)CC2)ccc1OCc1ccccc1. The van der Waals surface area contributed by atoms with Crippen LogP contribution in [0, 0.1) is 0 Å². The fourth-order valence-electron chi connectivity index (χ4n) is 5.92. The second-order valence-corrected chi connectivity index (χ2v) is 13.4. The molecule has 0 radical (unpaired) electrons. The van der Waals surface area contributed by atoms with Crippen LogP contribution in [-0.2, 0) is 23.2 Å². The molecule has 4 aromatic carbocycles. The van der Waals surface area contributed by atoms with Crippen LogP contribution in [0.5, 0.6) is 11.5 Å². The lowest BCUT2D eigenvalue weighted by atomic mass is 9.81. The number of ether oxygens (including phenoxy) is 2. The Morgan fingerprint density at radius 2 is 1.43 bits per heavy atom. The normalized spacial score (nSPS) is 17.6. The van der Waals surface area contributed by atoms with Crippen molar-refractivity contribution < 1.29 is 23.0 Å². The summed E-state index contributed by atoms with van der Waals surface area (Å²) in [5, 5.41) is 11.1. The van der Waals surface area contributed by atoms with Gasteiger partial charge in [-0.2, -0.15) is 0 Å². The second kappa shape index (κ2) is 15.2. The van der Waals surface area contributed by atoms with Crippen LogP contribution >= 0.6 is 0 Å². The van der Waals surface area contributed by atoms with Crippen molar-refractivity contribution in [3.63, 3.8) is 0 Å². The van der Waals surface area contributed by atoms with Gasteiger partial charge in [0.1, 0.15) is 30.8 Å². The summed E-state index contributed by atoms with van der Waals surface area (Å²) in [6.07, 6.45) is 4.77. The van der Waals surface area contributed by atoms with E-state index >= 15 is 0 Å². The molecule has 232 valence electrons. The zero-order valence-electron chi connectivity index (χ0n) is 25.2. The summed E-state index contributed by atoms with van der Waals surface area (Å²) in [5.74, 6) is 1.42. The molecule has 7 nitrogen and oxygen atoms in total. The third-order valence-corrected chi connectivity index (χ3v) is 8.67. The molecular weight excluding hydrogens is 572 g/mol. The van der Waals surface area contributed by atoms with Crippen LogP contribution < -0.4 is 14.2 Å². The molecule has 2 N–H and O–H groups in total. The molecule has 44 heavy (non-hydrogen) atoms. The molecular formula is C36H42N2O5S. The predicted octanol–water partition coefficient (Wildman–Crippen LogP) is 6.61. The highest BCUT2D eigenvalue weighted by Crippen LogP contribution is 2.35. The molecule has 0 aromatic heterocycles. The van der Waals surface area contributed by atoms with E-state index in [1.165, 1.54) is 11.1 Å². The summed E-state index contributed by atoms with van der Waals surface area (Å²) in [5.41, 5.74) is 3.88. The van der Waals surface area contributed by atoms with Gasteiger partial charge in [-0.05, 0) is 60.4 Å². The van der Waals surface area contributed by atoms with Gasteiger partial charge in [0.2, 0.25) is 10.0 Å². The van der Waals surface area contributed by atoms with Crippen LogP contribution in [0.15, 0.2) is 109 Å². The van der Waals surface area contributed by atoms with Gasteiger partial charge in [0, 0.05) is 25.2 Å². The summed E-state index contributed by atoms with van der Waals surface area (Å²) in [7, 11) is -3.55. The molecule has 0 saturated heterocycles. The number of nitrogens with zero attached hydrogens (tertiary/aromatic N) is 1. The van der Waals surface area contributed by atoms with E-state index in [2.05, 4.69) is 64.2 Å². The first kappa shape index (κ1) is 31.6. The van der Waals surface area contributed by atoms with Crippen molar-refractivity contribution in [3.8, 4) is 11.5 Å². The Labute approximate surface area is 261 Å². The standard InChI is InChI=1S/C36H42N2O5S/c1-44(40,41)37-35-23-34(21-22-36(35)43-26-29-13-7-3-8-14-29)42-27-33(39)25-38(24-28-11-5-2-6-12-28)32-19-17-31(18-20-32)30-15-9-4-10-16-30/h2-16,21-23,31-33,37,39H,17-20,24-27H2,1H3/t31?,32?,33-/m0/s1. The second-order valence-electron chi connectivity index (χ2n) is 11.6. The first-order valence-corrected chi connectivity index (χ1v) is 17.1. The van der Waals surface area contributed by atoms with Crippen LogP contribution in [0.25, 0.3) is 0 Å². The molecule has 0 spiro atoms. The summed E-state index contributed by atoms with van der Waals surface area (Å²) in [4.78, 5) is 2.39. The minimum atomic E-state index is -3.55. The smallest absolute Gasteiger partial charge is 0.229 e. The topological polar surface area (TPSA) is 88.1 Å². The van der Waals surface area contributed by atoms with Crippen LogP contribution in [0.1, 0.15) is 48.3 Å². The molecule has 0 bridgehead atoms. The number of sulfonamides is 1. The molecule has 5 rings (SSSR count). The Hall–Kier alpha value is -3.85. The van der Waals surface area contributed by atoms with E-state index in [4.69, 9.17) is 9.47 Å².